The van der Waals surface area contributed by atoms with E-state index in [0.717, 1.165) is 43.0 Å². The standard InChI is InChI=1S/C14H18N4O2/c1-10-7-12-15-9-16-18(12)13(8-10)17-5-3-11(4-6-17)14(19)20-2/h7-9,11H,3-6H2,1-2H3. The molecule has 2 aromatic heterocycles. The van der Waals surface area contributed by atoms with Crippen molar-refractivity contribution in [3.63, 3.8) is 0 Å². The molecule has 0 radical (unpaired) electrons. The highest BCUT2D eigenvalue weighted by molar-refractivity contribution is 5.72. The van der Waals surface area contributed by atoms with E-state index in [-0.39, 0.29) is 11.9 Å². The average Bonchev–Trinajstić information content (AvgIpc) is 2.94. The lowest BCUT2D eigenvalue weighted by Crippen LogP contribution is -2.37. The molecule has 0 aliphatic carbocycles. The molecule has 0 amide bonds. The van der Waals surface area contributed by atoms with Crippen molar-refractivity contribution in [2.75, 3.05) is 25.1 Å². The van der Waals surface area contributed by atoms with Crippen LogP contribution in [0.5, 0.6) is 0 Å². The summed E-state index contributed by atoms with van der Waals surface area (Å²) in [6, 6.07) is 4.12. The second kappa shape index (κ2) is 5.11. The molecule has 0 aromatic carbocycles. The lowest BCUT2D eigenvalue weighted by atomic mass is 9.97. The van der Waals surface area contributed by atoms with Gasteiger partial charge in [0.15, 0.2) is 5.65 Å². The van der Waals surface area contributed by atoms with Gasteiger partial charge in [0, 0.05) is 13.1 Å². The third kappa shape index (κ3) is 2.21. The average molecular weight is 274 g/mol. The fourth-order valence-corrected chi connectivity index (χ4v) is 2.77. The van der Waals surface area contributed by atoms with Crippen LogP contribution in [0.15, 0.2) is 18.5 Å². The maximum atomic E-state index is 11.6. The third-order valence-electron chi connectivity index (χ3n) is 3.86. The van der Waals surface area contributed by atoms with E-state index in [9.17, 15) is 4.79 Å². The summed E-state index contributed by atoms with van der Waals surface area (Å²) in [5, 5.41) is 4.28. The van der Waals surface area contributed by atoms with Crippen molar-refractivity contribution in [2.45, 2.75) is 19.8 Å². The maximum Gasteiger partial charge on any atom is 0.308 e. The van der Waals surface area contributed by atoms with Crippen LogP contribution in [0.3, 0.4) is 0 Å². The highest BCUT2D eigenvalue weighted by Crippen LogP contribution is 2.25. The summed E-state index contributed by atoms with van der Waals surface area (Å²) >= 11 is 0. The number of pyridine rings is 1. The molecule has 0 bridgehead atoms. The van der Waals surface area contributed by atoms with Crippen LogP contribution < -0.4 is 4.90 Å². The van der Waals surface area contributed by atoms with Crippen LogP contribution >= 0.6 is 0 Å². The topological polar surface area (TPSA) is 59.7 Å². The molecule has 6 nitrogen and oxygen atoms in total. The molecule has 0 spiro atoms. The van der Waals surface area contributed by atoms with Gasteiger partial charge in [-0.05, 0) is 37.5 Å². The molecule has 0 N–H and O–H groups in total. The number of aryl methyl sites for hydroxylation is 1. The summed E-state index contributed by atoms with van der Waals surface area (Å²) in [6.45, 7) is 3.72. The number of methoxy groups -OCH3 is 1. The van der Waals surface area contributed by atoms with Crippen molar-refractivity contribution < 1.29 is 9.53 Å². The van der Waals surface area contributed by atoms with E-state index >= 15 is 0 Å². The van der Waals surface area contributed by atoms with Gasteiger partial charge >= 0.3 is 5.97 Å². The van der Waals surface area contributed by atoms with E-state index in [4.69, 9.17) is 4.74 Å². The Morgan fingerprint density at radius 1 is 1.35 bits per heavy atom. The van der Waals surface area contributed by atoms with Crippen LogP contribution in [0.2, 0.25) is 0 Å². The van der Waals surface area contributed by atoms with E-state index in [0.29, 0.717) is 0 Å². The molecule has 6 heteroatoms. The number of hydrogen-bond donors (Lipinski definition) is 0. The first-order chi connectivity index (χ1) is 9.69. The Balaban J connectivity index is 1.83. The number of hydrogen-bond acceptors (Lipinski definition) is 5. The van der Waals surface area contributed by atoms with Crippen molar-refractivity contribution in [3.8, 4) is 0 Å². The molecule has 2 aromatic rings. The van der Waals surface area contributed by atoms with Gasteiger partial charge in [0.1, 0.15) is 12.1 Å². The molecule has 0 saturated carbocycles. The van der Waals surface area contributed by atoms with Gasteiger partial charge in [-0.2, -0.15) is 9.61 Å². The minimum atomic E-state index is -0.0974. The van der Waals surface area contributed by atoms with Gasteiger partial charge in [-0.25, -0.2) is 4.98 Å². The number of aromatic nitrogens is 3. The van der Waals surface area contributed by atoms with Gasteiger partial charge in [-0.15, -0.1) is 0 Å². The number of esters is 1. The highest BCUT2D eigenvalue weighted by Gasteiger charge is 2.26. The largest absolute Gasteiger partial charge is 0.469 e. The fraction of sp³-hybridized carbons (Fsp3) is 0.500. The Labute approximate surface area is 117 Å². The number of nitrogens with zero attached hydrogens (tertiary/aromatic N) is 4. The molecule has 106 valence electrons. The van der Waals surface area contributed by atoms with Crippen molar-refractivity contribution in [1.82, 2.24) is 14.6 Å². The minimum absolute atomic E-state index is 0.0206. The summed E-state index contributed by atoms with van der Waals surface area (Å²) in [4.78, 5) is 18.1. The third-order valence-corrected chi connectivity index (χ3v) is 3.86. The van der Waals surface area contributed by atoms with Crippen LogP contribution in [0.25, 0.3) is 5.65 Å². The van der Waals surface area contributed by atoms with Gasteiger partial charge in [0.05, 0.1) is 13.0 Å². The van der Waals surface area contributed by atoms with Crippen molar-refractivity contribution in [2.24, 2.45) is 5.92 Å². The van der Waals surface area contributed by atoms with E-state index in [2.05, 4.69) is 28.0 Å². The van der Waals surface area contributed by atoms with E-state index in [1.54, 1.807) is 6.33 Å². The van der Waals surface area contributed by atoms with Crippen molar-refractivity contribution in [1.29, 1.82) is 0 Å². The van der Waals surface area contributed by atoms with Crippen LogP contribution in [-0.2, 0) is 9.53 Å². The molecule has 20 heavy (non-hydrogen) atoms. The van der Waals surface area contributed by atoms with Crippen LogP contribution in [-0.4, -0.2) is 40.8 Å². The first-order valence-electron chi connectivity index (χ1n) is 6.82. The summed E-state index contributed by atoms with van der Waals surface area (Å²) in [7, 11) is 1.45. The summed E-state index contributed by atoms with van der Waals surface area (Å²) in [6.07, 6.45) is 3.20. The fourth-order valence-electron chi connectivity index (χ4n) is 2.77. The quantitative estimate of drug-likeness (QED) is 0.775. The van der Waals surface area contributed by atoms with Crippen LogP contribution in [0, 0.1) is 12.8 Å². The first-order valence-corrected chi connectivity index (χ1v) is 6.82. The molecule has 0 atom stereocenters. The summed E-state index contributed by atoms with van der Waals surface area (Å²) in [5.74, 6) is 0.966. The molecule has 1 aliphatic heterocycles. The molecular formula is C14H18N4O2. The molecule has 0 unspecified atom stereocenters. The summed E-state index contributed by atoms with van der Waals surface area (Å²) < 4.78 is 6.68. The molecular weight excluding hydrogens is 256 g/mol. The monoisotopic (exact) mass is 274 g/mol. The molecule has 3 heterocycles. The number of carbonyl (C=O) groups is 1. The number of carbonyl (C=O) groups excluding carboxylic acids is 1. The lowest BCUT2D eigenvalue weighted by molar-refractivity contribution is -0.146. The summed E-state index contributed by atoms with van der Waals surface area (Å²) in [5.41, 5.74) is 2.02. The van der Waals surface area contributed by atoms with Gasteiger partial charge in [-0.3, -0.25) is 4.79 Å². The number of anilines is 1. The molecule has 1 fully saturated rings. The van der Waals surface area contributed by atoms with Gasteiger partial charge in [-0.1, -0.05) is 0 Å². The lowest BCUT2D eigenvalue weighted by Gasteiger charge is -2.32. The van der Waals surface area contributed by atoms with Crippen molar-refractivity contribution in [3.05, 3.63) is 24.0 Å². The predicted octanol–water partition coefficient (Wildman–Crippen LogP) is 1.43. The smallest absolute Gasteiger partial charge is 0.308 e. The predicted molar refractivity (Wildman–Crippen MR) is 74.7 cm³/mol. The Morgan fingerprint density at radius 2 is 2.10 bits per heavy atom. The minimum Gasteiger partial charge on any atom is -0.469 e. The van der Waals surface area contributed by atoms with Gasteiger partial charge < -0.3 is 9.64 Å². The van der Waals surface area contributed by atoms with E-state index in [1.807, 2.05) is 10.6 Å². The zero-order valence-electron chi connectivity index (χ0n) is 11.7. The van der Waals surface area contributed by atoms with E-state index in [1.165, 1.54) is 7.11 Å². The SMILES string of the molecule is COC(=O)C1CCN(c2cc(C)cc3ncnn23)CC1. The van der Waals surface area contributed by atoms with Crippen LogP contribution in [0.4, 0.5) is 5.82 Å². The molecule has 1 aliphatic rings. The Hall–Kier alpha value is -2.11. The number of fused-ring (bicyclic) bond motifs is 1. The van der Waals surface area contributed by atoms with E-state index < -0.39 is 0 Å². The van der Waals surface area contributed by atoms with Crippen molar-refractivity contribution >= 4 is 17.4 Å². The maximum absolute atomic E-state index is 11.6. The zero-order valence-corrected chi connectivity index (χ0v) is 11.7. The number of rotatable bonds is 2. The Kier molecular flexibility index (Phi) is 3.30. The second-order valence-corrected chi connectivity index (χ2v) is 5.21. The number of piperidine rings is 1. The molecule has 1 saturated heterocycles. The zero-order chi connectivity index (χ0) is 14.1. The highest BCUT2D eigenvalue weighted by atomic mass is 16.5. The normalized spacial score (nSPS) is 16.6. The number of ether oxygens (including phenoxy) is 1. The second-order valence-electron chi connectivity index (χ2n) is 5.21. The van der Waals surface area contributed by atoms with Gasteiger partial charge in [0.25, 0.3) is 0 Å². The van der Waals surface area contributed by atoms with Gasteiger partial charge in [0.2, 0.25) is 0 Å². The molecule has 3 rings (SSSR count). The Bertz CT molecular complexity index is 629. The van der Waals surface area contributed by atoms with Crippen LogP contribution in [0.1, 0.15) is 18.4 Å². The Morgan fingerprint density at radius 3 is 2.80 bits per heavy atom. The first kappa shape index (κ1) is 12.9.